The summed E-state index contributed by atoms with van der Waals surface area (Å²) in [5.41, 5.74) is 2.67. The van der Waals surface area contributed by atoms with Crippen LogP contribution in [-0.4, -0.2) is 71.0 Å². The minimum Gasteiger partial charge on any atom is -0.381 e. The molecule has 31 heavy (non-hydrogen) atoms. The fourth-order valence-corrected chi connectivity index (χ4v) is 3.61. The summed E-state index contributed by atoms with van der Waals surface area (Å²) in [7, 11) is 4.23. The maximum absolute atomic E-state index is 5.86. The van der Waals surface area contributed by atoms with Gasteiger partial charge in [0.2, 0.25) is 0 Å². The Labute approximate surface area is 206 Å². The number of rotatable bonds is 12. The number of benzene rings is 1. The molecule has 1 fully saturated rings. The van der Waals surface area contributed by atoms with Gasteiger partial charge in [-0.05, 0) is 63.7 Å². The zero-order valence-corrected chi connectivity index (χ0v) is 22.2. The molecule has 1 aliphatic heterocycles. The van der Waals surface area contributed by atoms with Gasteiger partial charge < -0.3 is 25.0 Å². The van der Waals surface area contributed by atoms with Crippen molar-refractivity contribution in [1.29, 1.82) is 0 Å². The van der Waals surface area contributed by atoms with Gasteiger partial charge in [0.1, 0.15) is 0 Å². The minimum atomic E-state index is 0. The zero-order chi connectivity index (χ0) is 21.6. The van der Waals surface area contributed by atoms with Gasteiger partial charge in [-0.2, -0.15) is 0 Å². The van der Waals surface area contributed by atoms with Crippen LogP contribution in [0, 0.1) is 5.92 Å². The van der Waals surface area contributed by atoms with Gasteiger partial charge in [-0.1, -0.05) is 31.2 Å². The number of nitrogens with zero attached hydrogens (tertiary/aromatic N) is 2. The Morgan fingerprint density at radius 1 is 1.16 bits per heavy atom. The molecule has 1 aromatic carbocycles. The molecule has 0 aromatic heterocycles. The first kappa shape index (κ1) is 28.1. The first-order valence-corrected chi connectivity index (χ1v) is 11.6. The van der Waals surface area contributed by atoms with E-state index in [9.17, 15) is 0 Å². The van der Waals surface area contributed by atoms with Crippen molar-refractivity contribution in [2.24, 2.45) is 10.9 Å². The Morgan fingerprint density at radius 3 is 2.48 bits per heavy atom. The Hall–Kier alpha value is -0.900. The average molecular weight is 547 g/mol. The molecule has 1 unspecified atom stereocenters. The van der Waals surface area contributed by atoms with E-state index >= 15 is 0 Å². The molecule has 0 amide bonds. The minimum absolute atomic E-state index is 0. The van der Waals surface area contributed by atoms with E-state index in [0.29, 0.717) is 12.5 Å². The van der Waals surface area contributed by atoms with E-state index in [2.05, 4.69) is 67.7 Å². The topological polar surface area (TPSA) is 58.1 Å². The highest BCUT2D eigenvalue weighted by atomic mass is 127. The largest absolute Gasteiger partial charge is 0.381 e. The van der Waals surface area contributed by atoms with Crippen LogP contribution in [0.1, 0.15) is 50.3 Å². The number of aryl methyl sites for hydroxylation is 1. The molecule has 178 valence electrons. The summed E-state index contributed by atoms with van der Waals surface area (Å²) in [6.45, 7) is 10.1. The molecule has 0 spiro atoms. The second-order valence-electron chi connectivity index (χ2n) is 8.21. The fourth-order valence-electron chi connectivity index (χ4n) is 3.61. The van der Waals surface area contributed by atoms with E-state index in [4.69, 9.17) is 14.5 Å². The van der Waals surface area contributed by atoms with Crippen LogP contribution in [0.2, 0.25) is 0 Å². The third-order valence-corrected chi connectivity index (χ3v) is 5.61. The van der Waals surface area contributed by atoms with Crippen molar-refractivity contribution < 1.29 is 9.47 Å². The average Bonchev–Trinajstić information content (AvgIpc) is 2.77. The molecule has 0 bridgehead atoms. The highest BCUT2D eigenvalue weighted by molar-refractivity contribution is 14.0. The lowest BCUT2D eigenvalue weighted by Crippen LogP contribution is -2.38. The number of likely N-dealkylation sites (N-methyl/N-ethyl adjacent to an activating group) is 1. The molecule has 1 aromatic rings. The third-order valence-electron chi connectivity index (χ3n) is 5.61. The number of hydrogen-bond acceptors (Lipinski definition) is 4. The molecule has 1 aliphatic rings. The Morgan fingerprint density at radius 2 is 1.87 bits per heavy atom. The number of nitrogens with one attached hydrogen (secondary N) is 2. The highest BCUT2D eigenvalue weighted by Gasteiger charge is 2.15. The lowest BCUT2D eigenvalue weighted by atomic mass is 10.0. The summed E-state index contributed by atoms with van der Waals surface area (Å²) in [5.74, 6) is 1.54. The summed E-state index contributed by atoms with van der Waals surface area (Å²) in [4.78, 5) is 7.08. The van der Waals surface area contributed by atoms with Crippen LogP contribution in [0.4, 0.5) is 0 Å². The number of hydrogen-bond donors (Lipinski definition) is 2. The van der Waals surface area contributed by atoms with E-state index in [1.165, 1.54) is 11.1 Å². The second-order valence-corrected chi connectivity index (χ2v) is 8.21. The predicted molar refractivity (Wildman–Crippen MR) is 141 cm³/mol. The number of guanidine groups is 1. The van der Waals surface area contributed by atoms with Crippen LogP contribution in [0.3, 0.4) is 0 Å². The predicted octanol–water partition coefficient (Wildman–Crippen LogP) is 3.86. The van der Waals surface area contributed by atoms with Crippen LogP contribution >= 0.6 is 24.0 Å². The SMILES string of the molecule is CCNC(=NCC(c1ccc(CC)cc1)N(C)C)NCCCOCC1CCOCC1.I. The van der Waals surface area contributed by atoms with Crippen LogP contribution in [0.5, 0.6) is 0 Å². The molecule has 6 nitrogen and oxygen atoms in total. The Balaban J connectivity index is 0.00000480. The van der Waals surface area contributed by atoms with Crippen molar-refractivity contribution in [1.82, 2.24) is 15.5 Å². The first-order valence-electron chi connectivity index (χ1n) is 11.6. The summed E-state index contributed by atoms with van der Waals surface area (Å²) in [6.07, 6.45) is 4.30. The molecule has 0 aliphatic carbocycles. The molecule has 2 rings (SSSR count). The van der Waals surface area contributed by atoms with E-state index in [1.807, 2.05) is 0 Å². The fraction of sp³-hybridized carbons (Fsp3) is 0.708. The quantitative estimate of drug-likeness (QED) is 0.181. The molecule has 1 atom stereocenters. The molecule has 7 heteroatoms. The van der Waals surface area contributed by atoms with E-state index in [-0.39, 0.29) is 30.0 Å². The third kappa shape index (κ3) is 11.0. The van der Waals surface area contributed by atoms with Gasteiger partial charge in [-0.15, -0.1) is 24.0 Å². The van der Waals surface area contributed by atoms with Crippen LogP contribution < -0.4 is 10.6 Å². The normalized spacial score (nSPS) is 16.1. The van der Waals surface area contributed by atoms with Gasteiger partial charge in [-0.3, -0.25) is 4.99 Å². The van der Waals surface area contributed by atoms with Crippen LogP contribution in [0.15, 0.2) is 29.3 Å². The van der Waals surface area contributed by atoms with Gasteiger partial charge in [-0.25, -0.2) is 0 Å². The molecule has 2 N–H and O–H groups in total. The number of ether oxygens (including phenoxy) is 2. The zero-order valence-electron chi connectivity index (χ0n) is 19.9. The Bertz CT molecular complexity index is 604. The van der Waals surface area contributed by atoms with Crippen molar-refractivity contribution >= 4 is 29.9 Å². The maximum atomic E-state index is 5.86. The molecule has 0 saturated carbocycles. The number of aliphatic imine (C=N–C) groups is 1. The van der Waals surface area contributed by atoms with Crippen molar-refractivity contribution in [2.45, 2.75) is 45.6 Å². The van der Waals surface area contributed by atoms with Crippen molar-refractivity contribution in [2.75, 3.05) is 60.2 Å². The lowest BCUT2D eigenvalue weighted by molar-refractivity contribution is 0.0203. The van der Waals surface area contributed by atoms with E-state index in [0.717, 1.165) is 71.2 Å². The van der Waals surface area contributed by atoms with Gasteiger partial charge in [0.15, 0.2) is 5.96 Å². The molecule has 0 radical (unpaired) electrons. The van der Waals surface area contributed by atoms with Crippen molar-refractivity contribution in [3.63, 3.8) is 0 Å². The summed E-state index contributed by atoms with van der Waals surface area (Å²) < 4.78 is 11.3. The lowest BCUT2D eigenvalue weighted by Gasteiger charge is -2.24. The Kier molecular flexibility index (Phi) is 15.2. The van der Waals surface area contributed by atoms with Gasteiger partial charge in [0.25, 0.3) is 0 Å². The molecular weight excluding hydrogens is 503 g/mol. The van der Waals surface area contributed by atoms with Crippen LogP contribution in [0.25, 0.3) is 0 Å². The second kappa shape index (κ2) is 16.7. The summed E-state index contributed by atoms with van der Waals surface area (Å²) in [6, 6.07) is 9.16. The van der Waals surface area contributed by atoms with Gasteiger partial charge in [0, 0.05) is 39.5 Å². The standard InChI is InChI=1S/C24H42N4O2.HI/c1-5-20-8-10-22(11-9-20)23(28(3)4)18-27-24(25-6-2)26-14-7-15-30-19-21-12-16-29-17-13-21;/h8-11,21,23H,5-7,12-19H2,1-4H3,(H2,25,26,27);1H. The van der Waals surface area contributed by atoms with E-state index < -0.39 is 0 Å². The van der Waals surface area contributed by atoms with E-state index in [1.54, 1.807) is 0 Å². The van der Waals surface area contributed by atoms with Crippen LogP contribution in [-0.2, 0) is 15.9 Å². The molecule has 1 heterocycles. The summed E-state index contributed by atoms with van der Waals surface area (Å²) in [5, 5.41) is 6.80. The van der Waals surface area contributed by atoms with Crippen molar-refractivity contribution in [3.8, 4) is 0 Å². The highest BCUT2D eigenvalue weighted by Crippen LogP contribution is 2.19. The molecular formula is C24H43IN4O2. The van der Waals surface area contributed by atoms with Crippen molar-refractivity contribution in [3.05, 3.63) is 35.4 Å². The smallest absolute Gasteiger partial charge is 0.191 e. The maximum Gasteiger partial charge on any atom is 0.191 e. The first-order chi connectivity index (χ1) is 14.6. The van der Waals surface area contributed by atoms with Gasteiger partial charge in [0.05, 0.1) is 12.6 Å². The molecule has 1 saturated heterocycles. The summed E-state index contributed by atoms with van der Waals surface area (Å²) >= 11 is 0. The number of halogens is 1. The van der Waals surface area contributed by atoms with Gasteiger partial charge >= 0.3 is 0 Å². The monoisotopic (exact) mass is 546 g/mol.